The van der Waals surface area contributed by atoms with Crippen molar-refractivity contribution in [2.24, 2.45) is 11.8 Å². The maximum Gasteiger partial charge on any atom is 0.321 e. The van der Waals surface area contributed by atoms with Crippen LogP contribution >= 0.6 is 15.9 Å². The molecule has 2 atom stereocenters. The van der Waals surface area contributed by atoms with Crippen LogP contribution in [0.15, 0.2) is 22.7 Å². The molecule has 2 rings (SSSR count). The summed E-state index contributed by atoms with van der Waals surface area (Å²) < 4.78 is 0.748. The van der Waals surface area contributed by atoms with Gasteiger partial charge in [0.2, 0.25) is 0 Å². The zero-order valence-corrected chi connectivity index (χ0v) is 12.9. The van der Waals surface area contributed by atoms with E-state index in [0.717, 1.165) is 4.47 Å². The monoisotopic (exact) mass is 351 g/mol. The van der Waals surface area contributed by atoms with E-state index in [1.165, 1.54) is 4.90 Å². The number of nitrogens with zero attached hydrogens (tertiary/aromatic N) is 2. The van der Waals surface area contributed by atoms with Crippen molar-refractivity contribution in [2.75, 3.05) is 18.4 Å². The fraction of sp³-hybridized carbons (Fsp3) is 0.357. The minimum atomic E-state index is -0.890. The number of hydrogen-bond donors (Lipinski definition) is 2. The molecule has 6 nitrogen and oxygen atoms in total. The normalized spacial score (nSPS) is 20.9. The quantitative estimate of drug-likeness (QED) is 0.855. The van der Waals surface area contributed by atoms with E-state index in [2.05, 4.69) is 21.2 Å². The smallest absolute Gasteiger partial charge is 0.321 e. The minimum Gasteiger partial charge on any atom is -0.481 e. The molecule has 0 spiro atoms. The SMILES string of the molecule is C[C@@H]1CN(C(=O)Nc2ccc(Br)cc2C#N)C[C@H]1C(=O)O. The van der Waals surface area contributed by atoms with Crippen LogP contribution in [0.2, 0.25) is 0 Å². The van der Waals surface area contributed by atoms with E-state index in [-0.39, 0.29) is 18.5 Å². The van der Waals surface area contributed by atoms with Crippen LogP contribution in [0.1, 0.15) is 12.5 Å². The molecule has 110 valence electrons. The predicted octanol–water partition coefficient (Wildman–Crippen LogP) is 2.51. The van der Waals surface area contributed by atoms with E-state index >= 15 is 0 Å². The molecule has 0 unspecified atom stereocenters. The number of hydrogen-bond acceptors (Lipinski definition) is 3. The molecule has 1 fully saturated rings. The second-order valence-corrected chi connectivity index (χ2v) is 5.97. The molecule has 1 heterocycles. The van der Waals surface area contributed by atoms with Crippen molar-refractivity contribution in [3.63, 3.8) is 0 Å². The van der Waals surface area contributed by atoms with E-state index in [1.807, 2.05) is 13.0 Å². The third-order valence-electron chi connectivity index (χ3n) is 3.56. The van der Waals surface area contributed by atoms with Gasteiger partial charge in [-0.15, -0.1) is 0 Å². The highest BCUT2D eigenvalue weighted by Gasteiger charge is 2.37. The maximum absolute atomic E-state index is 12.2. The summed E-state index contributed by atoms with van der Waals surface area (Å²) in [6, 6.07) is 6.60. The molecular formula is C14H14BrN3O3. The van der Waals surface area contributed by atoms with Gasteiger partial charge in [-0.1, -0.05) is 22.9 Å². The Morgan fingerprint density at radius 1 is 1.48 bits per heavy atom. The van der Waals surface area contributed by atoms with Crippen LogP contribution in [0, 0.1) is 23.2 Å². The van der Waals surface area contributed by atoms with Gasteiger partial charge in [0, 0.05) is 17.6 Å². The fourth-order valence-corrected chi connectivity index (χ4v) is 2.73. The molecule has 1 aliphatic rings. The van der Waals surface area contributed by atoms with Crippen molar-refractivity contribution in [3.8, 4) is 6.07 Å². The number of benzene rings is 1. The molecule has 0 aromatic heterocycles. The number of nitrogens with one attached hydrogen (secondary N) is 1. The lowest BCUT2D eigenvalue weighted by Crippen LogP contribution is -2.34. The molecule has 0 aliphatic carbocycles. The lowest BCUT2D eigenvalue weighted by atomic mass is 9.99. The van der Waals surface area contributed by atoms with Gasteiger partial charge in [-0.25, -0.2) is 4.79 Å². The summed E-state index contributed by atoms with van der Waals surface area (Å²) >= 11 is 3.26. The Hall–Kier alpha value is -2.07. The molecule has 21 heavy (non-hydrogen) atoms. The van der Waals surface area contributed by atoms with Crippen LogP contribution in [0.25, 0.3) is 0 Å². The number of halogens is 1. The highest BCUT2D eigenvalue weighted by Crippen LogP contribution is 2.25. The largest absolute Gasteiger partial charge is 0.481 e. The van der Waals surface area contributed by atoms with Crippen LogP contribution in [0.4, 0.5) is 10.5 Å². The zero-order valence-electron chi connectivity index (χ0n) is 11.3. The number of anilines is 1. The lowest BCUT2D eigenvalue weighted by molar-refractivity contribution is -0.142. The summed E-state index contributed by atoms with van der Waals surface area (Å²) in [5.41, 5.74) is 0.761. The van der Waals surface area contributed by atoms with Gasteiger partial charge in [0.05, 0.1) is 17.2 Å². The van der Waals surface area contributed by atoms with E-state index in [0.29, 0.717) is 17.8 Å². The van der Waals surface area contributed by atoms with Crippen molar-refractivity contribution >= 4 is 33.6 Å². The van der Waals surface area contributed by atoms with Gasteiger partial charge in [0.1, 0.15) is 6.07 Å². The van der Waals surface area contributed by atoms with Crippen molar-refractivity contribution in [1.29, 1.82) is 5.26 Å². The maximum atomic E-state index is 12.2. The molecule has 2 amide bonds. The van der Waals surface area contributed by atoms with E-state index < -0.39 is 11.9 Å². The lowest BCUT2D eigenvalue weighted by Gasteiger charge is -2.17. The fourth-order valence-electron chi connectivity index (χ4n) is 2.37. The molecule has 7 heteroatoms. The van der Waals surface area contributed by atoms with Crippen molar-refractivity contribution < 1.29 is 14.7 Å². The second kappa shape index (κ2) is 6.14. The number of likely N-dealkylation sites (tertiary alicyclic amines) is 1. The van der Waals surface area contributed by atoms with Gasteiger partial charge in [0.25, 0.3) is 0 Å². The van der Waals surface area contributed by atoms with Crippen LogP contribution in [-0.2, 0) is 4.79 Å². The van der Waals surface area contributed by atoms with Gasteiger partial charge in [-0.2, -0.15) is 5.26 Å². The number of aliphatic carboxylic acids is 1. The number of nitriles is 1. The molecule has 0 radical (unpaired) electrons. The van der Waals surface area contributed by atoms with Gasteiger partial charge in [0.15, 0.2) is 0 Å². The topological polar surface area (TPSA) is 93.4 Å². The van der Waals surface area contributed by atoms with Crippen LogP contribution in [0.3, 0.4) is 0 Å². The molecule has 1 aromatic rings. The first kappa shape index (κ1) is 15.3. The van der Waals surface area contributed by atoms with E-state index in [4.69, 9.17) is 10.4 Å². The van der Waals surface area contributed by atoms with Gasteiger partial charge < -0.3 is 15.3 Å². The molecule has 0 saturated carbocycles. The highest BCUT2D eigenvalue weighted by atomic mass is 79.9. The van der Waals surface area contributed by atoms with Crippen molar-refractivity contribution in [1.82, 2.24) is 4.90 Å². The van der Waals surface area contributed by atoms with Crippen LogP contribution in [-0.4, -0.2) is 35.1 Å². The Morgan fingerprint density at radius 3 is 2.76 bits per heavy atom. The first-order valence-electron chi connectivity index (χ1n) is 6.40. The molecule has 1 saturated heterocycles. The molecule has 1 aliphatic heterocycles. The Kier molecular flexibility index (Phi) is 4.48. The second-order valence-electron chi connectivity index (χ2n) is 5.06. The first-order valence-corrected chi connectivity index (χ1v) is 7.20. The molecular weight excluding hydrogens is 338 g/mol. The minimum absolute atomic E-state index is 0.0893. The van der Waals surface area contributed by atoms with Gasteiger partial charge in [-0.3, -0.25) is 4.79 Å². The Morgan fingerprint density at radius 2 is 2.19 bits per heavy atom. The Bertz CT molecular complexity index is 626. The third-order valence-corrected chi connectivity index (χ3v) is 4.05. The summed E-state index contributed by atoms with van der Waals surface area (Å²) in [5, 5.41) is 20.8. The summed E-state index contributed by atoms with van der Waals surface area (Å²) in [6.07, 6.45) is 0. The zero-order chi connectivity index (χ0) is 15.6. The van der Waals surface area contributed by atoms with Crippen LogP contribution < -0.4 is 5.32 Å². The molecule has 0 bridgehead atoms. The van der Waals surface area contributed by atoms with Gasteiger partial charge >= 0.3 is 12.0 Å². The molecule has 2 N–H and O–H groups in total. The van der Waals surface area contributed by atoms with Crippen molar-refractivity contribution in [3.05, 3.63) is 28.2 Å². The Balaban J connectivity index is 2.10. The first-order chi connectivity index (χ1) is 9.92. The molecule has 1 aromatic carbocycles. The predicted molar refractivity (Wildman–Crippen MR) is 79.7 cm³/mol. The highest BCUT2D eigenvalue weighted by molar-refractivity contribution is 9.10. The standard InChI is InChI=1S/C14H14BrN3O3/c1-8-6-18(7-11(8)13(19)20)14(21)17-12-3-2-10(15)4-9(12)5-16/h2-4,8,11H,6-7H2,1H3,(H,17,21)(H,19,20)/t8-,11-/m1/s1. The summed E-state index contributed by atoms with van der Waals surface area (Å²) in [7, 11) is 0. The summed E-state index contributed by atoms with van der Waals surface area (Å²) in [6.45, 7) is 2.38. The number of carboxylic acids is 1. The van der Waals surface area contributed by atoms with Crippen LogP contribution in [0.5, 0.6) is 0 Å². The number of urea groups is 1. The summed E-state index contributed by atoms with van der Waals surface area (Å²) in [5.74, 6) is -1.52. The number of amides is 2. The Labute approximate surface area is 130 Å². The number of carbonyl (C=O) groups is 2. The average molecular weight is 352 g/mol. The van der Waals surface area contributed by atoms with E-state index in [9.17, 15) is 9.59 Å². The van der Waals surface area contributed by atoms with E-state index in [1.54, 1.807) is 18.2 Å². The third kappa shape index (κ3) is 3.34. The van der Waals surface area contributed by atoms with Gasteiger partial charge in [-0.05, 0) is 24.1 Å². The van der Waals surface area contributed by atoms with Crippen molar-refractivity contribution in [2.45, 2.75) is 6.92 Å². The number of carbonyl (C=O) groups excluding carboxylic acids is 1. The summed E-state index contributed by atoms with van der Waals surface area (Å²) in [4.78, 5) is 24.7. The number of carboxylic acid groups (broad SMARTS) is 1. The average Bonchev–Trinajstić information content (AvgIpc) is 2.83. The number of rotatable bonds is 2.